The lowest BCUT2D eigenvalue weighted by Gasteiger charge is -2.11. The lowest BCUT2D eigenvalue weighted by Crippen LogP contribution is -2.27. The summed E-state index contributed by atoms with van der Waals surface area (Å²) in [6.07, 6.45) is 3.93. The Morgan fingerprint density at radius 2 is 1.84 bits per heavy atom. The Hall–Kier alpha value is -2.40. The molecule has 25 heavy (non-hydrogen) atoms. The number of pyridine rings is 1. The Bertz CT molecular complexity index is 785. The van der Waals surface area contributed by atoms with E-state index in [-0.39, 0.29) is 23.7 Å². The molecule has 130 valence electrons. The van der Waals surface area contributed by atoms with Crippen LogP contribution in [0, 0.1) is 25.7 Å². The van der Waals surface area contributed by atoms with Crippen LogP contribution in [0.3, 0.4) is 0 Å². The normalized spacial score (nSPS) is 18.5. The van der Waals surface area contributed by atoms with E-state index in [0.29, 0.717) is 23.7 Å². The highest BCUT2D eigenvalue weighted by molar-refractivity contribution is 6.34. The van der Waals surface area contributed by atoms with Gasteiger partial charge in [0.15, 0.2) is 0 Å². The molecule has 0 bridgehead atoms. The molecular weight excluding hydrogens is 338 g/mol. The van der Waals surface area contributed by atoms with Gasteiger partial charge in [0.25, 0.3) is 0 Å². The van der Waals surface area contributed by atoms with E-state index in [9.17, 15) is 9.59 Å². The molecule has 2 N–H and O–H groups in total. The van der Waals surface area contributed by atoms with Gasteiger partial charge in [0.1, 0.15) is 0 Å². The van der Waals surface area contributed by atoms with E-state index >= 15 is 0 Å². The van der Waals surface area contributed by atoms with Gasteiger partial charge in [-0.1, -0.05) is 17.7 Å². The van der Waals surface area contributed by atoms with Crippen LogP contribution < -0.4 is 10.6 Å². The van der Waals surface area contributed by atoms with Gasteiger partial charge < -0.3 is 10.6 Å². The number of anilines is 1. The van der Waals surface area contributed by atoms with Crippen LogP contribution in [0.1, 0.15) is 23.1 Å². The number of rotatable bonds is 5. The highest BCUT2D eigenvalue weighted by Crippen LogP contribution is 2.40. The number of hydrogen-bond donors (Lipinski definition) is 2. The molecule has 0 spiro atoms. The summed E-state index contributed by atoms with van der Waals surface area (Å²) < 4.78 is 0. The van der Waals surface area contributed by atoms with Crippen molar-refractivity contribution in [2.45, 2.75) is 26.8 Å². The number of carbonyl (C=O) groups is 2. The minimum Gasteiger partial charge on any atom is -0.352 e. The van der Waals surface area contributed by atoms with Crippen molar-refractivity contribution < 1.29 is 9.59 Å². The molecule has 0 saturated heterocycles. The minimum absolute atomic E-state index is 0.0938. The van der Waals surface area contributed by atoms with Crippen molar-refractivity contribution in [1.82, 2.24) is 10.3 Å². The van der Waals surface area contributed by atoms with Gasteiger partial charge in [-0.25, -0.2) is 0 Å². The quantitative estimate of drug-likeness (QED) is 0.862. The van der Waals surface area contributed by atoms with Crippen LogP contribution in [0.2, 0.25) is 5.02 Å². The first-order valence-electron chi connectivity index (χ1n) is 8.20. The van der Waals surface area contributed by atoms with Gasteiger partial charge >= 0.3 is 0 Å². The van der Waals surface area contributed by atoms with Gasteiger partial charge in [0, 0.05) is 18.9 Å². The SMILES string of the molecule is Cc1cc(C)c(NC(=O)C2CC2C(=O)NCc2ccncc2)c(Cl)c1. The summed E-state index contributed by atoms with van der Waals surface area (Å²) in [4.78, 5) is 28.5. The molecule has 6 heteroatoms. The van der Waals surface area contributed by atoms with Crippen LogP contribution in [-0.2, 0) is 16.1 Å². The maximum absolute atomic E-state index is 12.4. The molecule has 1 saturated carbocycles. The molecule has 1 aromatic carbocycles. The number of aromatic nitrogens is 1. The number of benzene rings is 1. The van der Waals surface area contributed by atoms with Gasteiger partial charge in [-0.3, -0.25) is 14.6 Å². The first kappa shape index (κ1) is 17.4. The average Bonchev–Trinajstić information content (AvgIpc) is 3.37. The summed E-state index contributed by atoms with van der Waals surface area (Å²) in [6.45, 7) is 4.30. The van der Waals surface area contributed by atoms with Crippen molar-refractivity contribution in [2.24, 2.45) is 11.8 Å². The lowest BCUT2D eigenvalue weighted by atomic mass is 10.1. The van der Waals surface area contributed by atoms with Crippen molar-refractivity contribution in [1.29, 1.82) is 0 Å². The summed E-state index contributed by atoms with van der Waals surface area (Å²) in [5, 5.41) is 6.25. The second-order valence-electron chi connectivity index (χ2n) is 6.45. The second kappa shape index (κ2) is 7.23. The molecule has 1 aromatic heterocycles. The Labute approximate surface area is 151 Å². The molecule has 2 unspecified atom stereocenters. The van der Waals surface area contributed by atoms with Crippen LogP contribution in [-0.4, -0.2) is 16.8 Å². The molecule has 3 rings (SSSR count). The topological polar surface area (TPSA) is 71.1 Å². The predicted molar refractivity (Wildman–Crippen MR) is 97.2 cm³/mol. The summed E-state index contributed by atoms with van der Waals surface area (Å²) >= 11 is 6.22. The van der Waals surface area contributed by atoms with E-state index in [2.05, 4.69) is 15.6 Å². The van der Waals surface area contributed by atoms with E-state index in [4.69, 9.17) is 11.6 Å². The third-order valence-corrected chi connectivity index (χ3v) is 4.66. The summed E-state index contributed by atoms with van der Waals surface area (Å²) in [6, 6.07) is 7.47. The molecule has 5 nitrogen and oxygen atoms in total. The van der Waals surface area contributed by atoms with E-state index in [1.165, 1.54) is 0 Å². The first-order chi connectivity index (χ1) is 12.0. The molecular formula is C19H20ClN3O2. The highest BCUT2D eigenvalue weighted by Gasteiger charge is 2.48. The third-order valence-electron chi connectivity index (χ3n) is 4.36. The number of nitrogens with one attached hydrogen (secondary N) is 2. The number of nitrogens with zero attached hydrogens (tertiary/aromatic N) is 1. The number of carbonyl (C=O) groups excluding carboxylic acids is 2. The third kappa shape index (κ3) is 4.17. The monoisotopic (exact) mass is 357 g/mol. The zero-order chi connectivity index (χ0) is 18.0. The molecule has 2 amide bonds. The van der Waals surface area contributed by atoms with Crippen LogP contribution >= 0.6 is 11.6 Å². The molecule has 1 aliphatic carbocycles. The fraction of sp³-hybridized carbons (Fsp3) is 0.316. The molecule has 1 aliphatic rings. The van der Waals surface area contributed by atoms with Crippen molar-refractivity contribution in [3.05, 3.63) is 58.4 Å². The molecule has 1 fully saturated rings. The van der Waals surface area contributed by atoms with Gasteiger partial charge in [0.2, 0.25) is 11.8 Å². The number of halogens is 1. The fourth-order valence-corrected chi connectivity index (χ4v) is 3.25. The van der Waals surface area contributed by atoms with E-state index in [1.807, 2.05) is 38.1 Å². The molecule has 1 heterocycles. The summed E-state index contributed by atoms with van der Waals surface area (Å²) in [5.74, 6) is -0.817. The molecule has 0 aliphatic heterocycles. The van der Waals surface area contributed by atoms with E-state index in [0.717, 1.165) is 16.7 Å². The summed E-state index contributed by atoms with van der Waals surface area (Å²) in [5.41, 5.74) is 3.56. The molecule has 0 radical (unpaired) electrons. The Morgan fingerprint density at radius 3 is 2.52 bits per heavy atom. The Morgan fingerprint density at radius 1 is 1.16 bits per heavy atom. The molecule has 2 atom stereocenters. The number of aryl methyl sites for hydroxylation is 2. The van der Waals surface area contributed by atoms with E-state index in [1.54, 1.807) is 12.4 Å². The summed E-state index contributed by atoms with van der Waals surface area (Å²) in [7, 11) is 0. The fourth-order valence-electron chi connectivity index (χ4n) is 2.89. The standard InChI is InChI=1S/C19H20ClN3O2/c1-11-7-12(2)17(16(20)8-11)23-19(25)15-9-14(15)18(24)22-10-13-3-5-21-6-4-13/h3-8,14-15H,9-10H2,1-2H3,(H,22,24)(H,23,25). The van der Waals surface area contributed by atoms with E-state index < -0.39 is 0 Å². The molecule has 2 aromatic rings. The second-order valence-corrected chi connectivity index (χ2v) is 6.86. The average molecular weight is 358 g/mol. The zero-order valence-electron chi connectivity index (χ0n) is 14.2. The van der Waals surface area contributed by atoms with Gasteiger partial charge in [0.05, 0.1) is 22.5 Å². The van der Waals surface area contributed by atoms with Crippen molar-refractivity contribution in [3.63, 3.8) is 0 Å². The largest absolute Gasteiger partial charge is 0.352 e. The predicted octanol–water partition coefficient (Wildman–Crippen LogP) is 3.24. The van der Waals surface area contributed by atoms with Gasteiger partial charge in [-0.2, -0.15) is 0 Å². The van der Waals surface area contributed by atoms with Crippen LogP contribution in [0.25, 0.3) is 0 Å². The van der Waals surface area contributed by atoms with Crippen LogP contribution in [0.15, 0.2) is 36.7 Å². The number of amides is 2. The maximum atomic E-state index is 12.4. The Kier molecular flexibility index (Phi) is 5.04. The Balaban J connectivity index is 1.54. The van der Waals surface area contributed by atoms with Crippen LogP contribution in [0.5, 0.6) is 0 Å². The van der Waals surface area contributed by atoms with Crippen LogP contribution in [0.4, 0.5) is 5.69 Å². The highest BCUT2D eigenvalue weighted by atomic mass is 35.5. The lowest BCUT2D eigenvalue weighted by molar-refractivity contribution is -0.125. The zero-order valence-corrected chi connectivity index (χ0v) is 14.9. The van der Waals surface area contributed by atoms with Crippen molar-refractivity contribution >= 4 is 29.1 Å². The van der Waals surface area contributed by atoms with Gasteiger partial charge in [-0.05, 0) is 55.2 Å². The number of hydrogen-bond acceptors (Lipinski definition) is 3. The van der Waals surface area contributed by atoms with Crippen molar-refractivity contribution in [2.75, 3.05) is 5.32 Å². The maximum Gasteiger partial charge on any atom is 0.228 e. The van der Waals surface area contributed by atoms with Crippen molar-refractivity contribution in [3.8, 4) is 0 Å². The van der Waals surface area contributed by atoms with Gasteiger partial charge in [-0.15, -0.1) is 0 Å². The first-order valence-corrected chi connectivity index (χ1v) is 8.57. The minimum atomic E-state index is -0.297. The smallest absolute Gasteiger partial charge is 0.228 e.